The fourth-order valence-corrected chi connectivity index (χ4v) is 4.41. The number of ether oxygens (including phenoxy) is 1. The molecule has 1 saturated heterocycles. The molecule has 1 aliphatic heterocycles. The molecule has 0 aromatic heterocycles. The van der Waals surface area contributed by atoms with Gasteiger partial charge in [0.2, 0.25) is 0 Å². The van der Waals surface area contributed by atoms with Crippen molar-refractivity contribution < 1.29 is 4.74 Å². The Bertz CT molecular complexity index is 99.7. The van der Waals surface area contributed by atoms with E-state index in [9.17, 15) is 0 Å². The Morgan fingerprint density at radius 2 is 2.27 bits per heavy atom. The first kappa shape index (κ1) is 9.27. The average Bonchev–Trinajstić information content (AvgIpc) is 2.07. The van der Waals surface area contributed by atoms with Gasteiger partial charge in [-0.15, -0.1) is 0 Å². The van der Waals surface area contributed by atoms with Crippen LogP contribution in [0, 0.1) is 0 Å². The molecule has 0 amide bonds. The van der Waals surface area contributed by atoms with Crippen molar-refractivity contribution in [3.8, 4) is 0 Å². The first-order chi connectivity index (χ1) is 5.34. The molecule has 2 atom stereocenters. The molecule has 1 nitrogen and oxygen atoms in total. The predicted octanol–water partition coefficient (Wildman–Crippen LogP) is 2.36. The van der Waals surface area contributed by atoms with Gasteiger partial charge in [0, 0.05) is 12.3 Å². The highest BCUT2D eigenvalue weighted by Crippen LogP contribution is 2.17. The van der Waals surface area contributed by atoms with E-state index in [4.69, 9.17) is 4.74 Å². The lowest BCUT2D eigenvalue weighted by Gasteiger charge is -2.26. The molecule has 0 aromatic rings. The second-order valence-corrected chi connectivity index (χ2v) is 6.95. The van der Waals surface area contributed by atoms with Crippen molar-refractivity contribution in [2.24, 2.45) is 0 Å². The van der Waals surface area contributed by atoms with Crippen LogP contribution in [0.3, 0.4) is 0 Å². The van der Waals surface area contributed by atoms with Crippen molar-refractivity contribution >= 4 is 8.80 Å². The summed E-state index contributed by atoms with van der Waals surface area (Å²) in [6, 6.07) is 1.46. The fourth-order valence-electron chi connectivity index (χ4n) is 1.86. The number of rotatable bonds is 3. The lowest BCUT2D eigenvalue weighted by molar-refractivity contribution is 0.0626. The molecule has 1 heterocycles. The Labute approximate surface area is 71.7 Å². The van der Waals surface area contributed by atoms with Crippen LogP contribution in [0.4, 0.5) is 0 Å². The van der Waals surface area contributed by atoms with Crippen LogP contribution in [-0.4, -0.2) is 21.1 Å². The van der Waals surface area contributed by atoms with Crippen molar-refractivity contribution in [3.05, 3.63) is 0 Å². The Hall–Kier alpha value is 0.177. The Kier molecular flexibility index (Phi) is 4.16. The molecule has 2 heteroatoms. The van der Waals surface area contributed by atoms with Crippen molar-refractivity contribution in [1.82, 2.24) is 0 Å². The fraction of sp³-hybridized carbons (Fsp3) is 1.00. The lowest BCUT2D eigenvalue weighted by atomic mass is 10.2. The van der Waals surface area contributed by atoms with Gasteiger partial charge in [0.25, 0.3) is 0 Å². The van der Waals surface area contributed by atoms with Crippen LogP contribution in [0.25, 0.3) is 0 Å². The molecule has 1 rings (SSSR count). The van der Waals surface area contributed by atoms with Crippen molar-refractivity contribution in [3.63, 3.8) is 0 Å². The molecule has 0 aromatic carbocycles. The molecule has 66 valence electrons. The molecule has 0 spiro atoms. The molecule has 0 bridgehead atoms. The predicted molar refractivity (Wildman–Crippen MR) is 51.7 cm³/mol. The minimum absolute atomic E-state index is 0.506. The van der Waals surface area contributed by atoms with Crippen LogP contribution in [0.15, 0.2) is 0 Å². The van der Waals surface area contributed by atoms with E-state index in [1.165, 1.54) is 31.7 Å². The summed E-state index contributed by atoms with van der Waals surface area (Å²) in [4.78, 5) is 0. The molecule has 1 aliphatic rings. The minimum Gasteiger partial charge on any atom is -0.382 e. The van der Waals surface area contributed by atoms with Gasteiger partial charge in [0.05, 0.1) is 8.80 Å². The van der Waals surface area contributed by atoms with Crippen molar-refractivity contribution in [2.75, 3.05) is 6.61 Å². The summed E-state index contributed by atoms with van der Waals surface area (Å²) in [5.74, 6) is 0. The standard InChI is InChI=1S/C9H20OSi/c1-3-8-11(2)9-6-4-5-7-10-9/h9,11H,3-8H2,1-2H3. The molecular formula is C9H20OSi. The highest BCUT2D eigenvalue weighted by atomic mass is 28.3. The normalized spacial score (nSPS) is 28.4. The Morgan fingerprint density at radius 1 is 1.45 bits per heavy atom. The largest absolute Gasteiger partial charge is 0.382 e. The summed E-state index contributed by atoms with van der Waals surface area (Å²) >= 11 is 0. The highest BCUT2D eigenvalue weighted by molar-refractivity contribution is 6.58. The van der Waals surface area contributed by atoms with Crippen LogP contribution in [0.1, 0.15) is 32.6 Å². The van der Waals surface area contributed by atoms with E-state index in [0.29, 0.717) is 5.73 Å². The summed E-state index contributed by atoms with van der Waals surface area (Å²) in [6.07, 6.45) is 5.41. The summed E-state index contributed by atoms with van der Waals surface area (Å²) in [7, 11) is -0.506. The van der Waals surface area contributed by atoms with E-state index in [0.717, 1.165) is 6.61 Å². The Morgan fingerprint density at radius 3 is 2.82 bits per heavy atom. The van der Waals surface area contributed by atoms with E-state index in [1.54, 1.807) is 0 Å². The zero-order valence-corrected chi connectivity index (χ0v) is 8.96. The molecule has 0 N–H and O–H groups in total. The van der Waals surface area contributed by atoms with Gasteiger partial charge in [-0.2, -0.15) is 0 Å². The van der Waals surface area contributed by atoms with Gasteiger partial charge in [-0.05, 0) is 19.3 Å². The number of hydrogen-bond acceptors (Lipinski definition) is 1. The van der Waals surface area contributed by atoms with Crippen LogP contribution < -0.4 is 0 Å². The average molecular weight is 172 g/mol. The van der Waals surface area contributed by atoms with Gasteiger partial charge in [-0.3, -0.25) is 0 Å². The second-order valence-electron chi connectivity index (χ2n) is 3.67. The van der Waals surface area contributed by atoms with Gasteiger partial charge in [0.1, 0.15) is 0 Å². The summed E-state index contributed by atoms with van der Waals surface area (Å²) in [5.41, 5.74) is 0.712. The quantitative estimate of drug-likeness (QED) is 0.594. The first-order valence-corrected chi connectivity index (χ1v) is 7.60. The third-order valence-electron chi connectivity index (χ3n) is 2.59. The molecular weight excluding hydrogens is 152 g/mol. The topological polar surface area (TPSA) is 9.23 Å². The van der Waals surface area contributed by atoms with Gasteiger partial charge in [-0.25, -0.2) is 0 Å². The molecule has 2 unspecified atom stereocenters. The maximum Gasteiger partial charge on any atom is 0.0686 e. The third kappa shape index (κ3) is 2.95. The monoisotopic (exact) mass is 172 g/mol. The zero-order valence-electron chi connectivity index (χ0n) is 7.81. The zero-order chi connectivity index (χ0) is 8.10. The van der Waals surface area contributed by atoms with Gasteiger partial charge < -0.3 is 4.74 Å². The smallest absolute Gasteiger partial charge is 0.0686 e. The summed E-state index contributed by atoms with van der Waals surface area (Å²) in [6.45, 7) is 5.78. The highest BCUT2D eigenvalue weighted by Gasteiger charge is 2.20. The van der Waals surface area contributed by atoms with Crippen molar-refractivity contribution in [2.45, 2.75) is 50.9 Å². The van der Waals surface area contributed by atoms with Crippen LogP contribution in [0.2, 0.25) is 12.6 Å². The van der Waals surface area contributed by atoms with Gasteiger partial charge in [0.15, 0.2) is 0 Å². The number of hydrogen-bond donors (Lipinski definition) is 0. The molecule has 0 aliphatic carbocycles. The second kappa shape index (κ2) is 4.94. The van der Waals surface area contributed by atoms with Crippen LogP contribution in [0.5, 0.6) is 0 Å². The molecule has 0 saturated carbocycles. The molecule has 0 radical (unpaired) electrons. The van der Waals surface area contributed by atoms with Crippen molar-refractivity contribution in [1.29, 1.82) is 0 Å². The minimum atomic E-state index is -0.506. The lowest BCUT2D eigenvalue weighted by Crippen LogP contribution is -2.33. The van der Waals surface area contributed by atoms with Crippen LogP contribution >= 0.6 is 0 Å². The summed E-state index contributed by atoms with van der Waals surface area (Å²) in [5, 5.41) is 0. The van der Waals surface area contributed by atoms with E-state index in [-0.39, 0.29) is 0 Å². The third-order valence-corrected chi connectivity index (χ3v) is 5.88. The first-order valence-electron chi connectivity index (χ1n) is 4.96. The maximum absolute atomic E-state index is 5.75. The maximum atomic E-state index is 5.75. The molecule has 11 heavy (non-hydrogen) atoms. The van der Waals surface area contributed by atoms with Gasteiger partial charge >= 0.3 is 0 Å². The Balaban J connectivity index is 2.21. The van der Waals surface area contributed by atoms with E-state index < -0.39 is 8.80 Å². The van der Waals surface area contributed by atoms with E-state index >= 15 is 0 Å². The molecule has 1 fully saturated rings. The van der Waals surface area contributed by atoms with E-state index in [1.807, 2.05) is 0 Å². The van der Waals surface area contributed by atoms with Crippen LogP contribution in [-0.2, 0) is 4.74 Å². The van der Waals surface area contributed by atoms with E-state index in [2.05, 4.69) is 13.5 Å². The SMILES string of the molecule is CCC[SiH](C)C1CCCCO1. The summed E-state index contributed by atoms with van der Waals surface area (Å²) < 4.78 is 5.75. The van der Waals surface area contributed by atoms with Gasteiger partial charge in [-0.1, -0.05) is 25.9 Å².